The first kappa shape index (κ1) is 40.4. The molecule has 254 valence electrons. The predicted octanol–water partition coefficient (Wildman–Crippen LogP) is 14.2. The summed E-state index contributed by atoms with van der Waals surface area (Å²) < 4.78 is 0. The maximum absolute atomic E-state index is 2.50. The van der Waals surface area contributed by atoms with Gasteiger partial charge in [-0.1, -0.05) is 122 Å². The van der Waals surface area contributed by atoms with Crippen molar-refractivity contribution in [2.24, 2.45) is 5.92 Å². The zero-order valence-electron chi connectivity index (χ0n) is 32.5. The van der Waals surface area contributed by atoms with Gasteiger partial charge in [-0.25, -0.2) is 0 Å². The zero-order chi connectivity index (χ0) is 33.2. The molecule has 49 heavy (non-hydrogen) atoms. The summed E-state index contributed by atoms with van der Waals surface area (Å²) in [6, 6.07) is 37.7. The van der Waals surface area contributed by atoms with Crippen LogP contribution < -0.4 is 0 Å². The van der Waals surface area contributed by atoms with E-state index in [1.54, 1.807) is 0 Å². The molecule has 6 aromatic carbocycles. The fourth-order valence-corrected chi connectivity index (χ4v) is 7.66. The molecule has 0 saturated carbocycles. The second-order valence-electron chi connectivity index (χ2n) is 16.6. The Labute approximate surface area is 317 Å². The van der Waals surface area contributed by atoms with Crippen LogP contribution in [0.4, 0.5) is 0 Å². The van der Waals surface area contributed by atoms with Gasteiger partial charge in [0.15, 0.2) is 0 Å². The Morgan fingerprint density at radius 3 is 1.24 bits per heavy atom. The molecule has 0 bridgehead atoms. The molecule has 6 rings (SSSR count). The van der Waals surface area contributed by atoms with Crippen molar-refractivity contribution < 1.29 is 25.8 Å². The quantitative estimate of drug-likeness (QED) is 0.116. The van der Waals surface area contributed by atoms with Crippen molar-refractivity contribution >= 4 is 21.5 Å². The van der Waals surface area contributed by atoms with E-state index in [1.807, 2.05) is 0 Å². The molecule has 0 N–H and O–H groups in total. The maximum Gasteiger partial charge on any atom is 4.00 e. The van der Waals surface area contributed by atoms with E-state index < -0.39 is 0 Å². The average molecular weight is 813 g/mol. The van der Waals surface area contributed by atoms with E-state index in [4.69, 9.17) is 0 Å². The summed E-state index contributed by atoms with van der Waals surface area (Å²) in [5.74, 6) is 0.555. The van der Waals surface area contributed by atoms with E-state index in [9.17, 15) is 0 Å². The van der Waals surface area contributed by atoms with Crippen LogP contribution in [-0.4, -0.2) is 0 Å². The number of rotatable bonds is 6. The third-order valence-corrected chi connectivity index (χ3v) is 10.4. The van der Waals surface area contributed by atoms with Crippen LogP contribution in [-0.2, 0) is 42.1 Å². The van der Waals surface area contributed by atoms with Crippen LogP contribution >= 0.6 is 0 Å². The molecule has 0 aliphatic carbocycles. The van der Waals surface area contributed by atoms with Crippen LogP contribution in [0.5, 0.6) is 0 Å². The Bertz CT molecular complexity index is 1900. The van der Waals surface area contributed by atoms with Crippen LogP contribution in [0.3, 0.4) is 0 Å². The molecule has 0 heterocycles. The van der Waals surface area contributed by atoms with Gasteiger partial charge in [0.05, 0.1) is 0 Å². The Balaban J connectivity index is 0.00000217. The number of fused-ring (bicyclic) bond motifs is 2. The van der Waals surface area contributed by atoms with Crippen LogP contribution in [0.25, 0.3) is 43.8 Å². The van der Waals surface area contributed by atoms with Crippen molar-refractivity contribution in [1.29, 1.82) is 0 Å². The SMILES string of the molecule is Cc1cc(C(C)(C)C)ccc1-c1cccc2[cH-]c(C(C)(CC(C)C)c3cc4c(-c5ccc(C(C)(C)C)cc5C)cccc4[cH-]3)cc12.[CH3-].[CH3-].[Hf+4]. The molecule has 0 saturated heterocycles. The van der Waals surface area contributed by atoms with E-state index in [0.717, 1.165) is 6.42 Å². The van der Waals surface area contributed by atoms with Crippen LogP contribution in [0.1, 0.15) is 102 Å². The second-order valence-corrected chi connectivity index (χ2v) is 16.6. The first-order chi connectivity index (χ1) is 21.6. The van der Waals surface area contributed by atoms with E-state index >= 15 is 0 Å². The first-order valence-electron chi connectivity index (χ1n) is 17.2. The molecule has 0 aromatic heterocycles. The summed E-state index contributed by atoms with van der Waals surface area (Å²) in [7, 11) is 0. The average Bonchev–Trinajstić information content (AvgIpc) is 3.61. The number of aryl methyl sites for hydroxylation is 2. The number of benzene rings is 4. The zero-order valence-corrected chi connectivity index (χ0v) is 36.1. The minimum atomic E-state index is -0.114. The molecule has 0 atom stereocenters. The van der Waals surface area contributed by atoms with Gasteiger partial charge in [-0.05, 0) is 75.8 Å². The van der Waals surface area contributed by atoms with Crippen molar-refractivity contribution in [2.75, 3.05) is 0 Å². The summed E-state index contributed by atoms with van der Waals surface area (Å²) >= 11 is 0. The molecule has 0 unspecified atom stereocenters. The van der Waals surface area contributed by atoms with Crippen LogP contribution in [0, 0.1) is 34.6 Å². The summed E-state index contributed by atoms with van der Waals surface area (Å²) in [4.78, 5) is 0. The number of hydrogen-bond donors (Lipinski definition) is 0. The van der Waals surface area contributed by atoms with Crippen molar-refractivity contribution in [3.63, 3.8) is 0 Å². The summed E-state index contributed by atoms with van der Waals surface area (Å²) in [6.45, 7) is 25.5. The van der Waals surface area contributed by atoms with Gasteiger partial charge in [-0.3, -0.25) is 0 Å². The molecule has 1 heteroatoms. The van der Waals surface area contributed by atoms with Gasteiger partial charge in [0, 0.05) is 0 Å². The fourth-order valence-electron chi connectivity index (χ4n) is 7.66. The molecule has 0 aliphatic heterocycles. The van der Waals surface area contributed by atoms with Crippen LogP contribution in [0.15, 0.2) is 97.1 Å². The smallest absolute Gasteiger partial charge is 0.358 e. The maximum atomic E-state index is 2.50. The topological polar surface area (TPSA) is 0 Å². The van der Waals surface area contributed by atoms with Gasteiger partial charge in [-0.15, -0.1) is 69.1 Å². The second kappa shape index (κ2) is 14.7. The summed E-state index contributed by atoms with van der Waals surface area (Å²) in [6.07, 6.45) is 1.09. The van der Waals surface area contributed by atoms with Crippen LogP contribution in [0.2, 0.25) is 0 Å². The van der Waals surface area contributed by atoms with Gasteiger partial charge in [0.1, 0.15) is 0 Å². The minimum Gasteiger partial charge on any atom is -0.358 e. The molecule has 0 aliphatic rings. The van der Waals surface area contributed by atoms with Gasteiger partial charge in [0.25, 0.3) is 0 Å². The van der Waals surface area contributed by atoms with E-state index in [0.29, 0.717) is 5.92 Å². The third kappa shape index (κ3) is 7.68. The van der Waals surface area contributed by atoms with Gasteiger partial charge in [-0.2, -0.15) is 12.1 Å². The Morgan fingerprint density at radius 2 is 0.918 bits per heavy atom. The van der Waals surface area contributed by atoms with Gasteiger partial charge < -0.3 is 14.9 Å². The largest absolute Gasteiger partial charge is 4.00 e. The molecular formula is C48H58Hf. The summed E-state index contributed by atoms with van der Waals surface area (Å²) in [5.41, 5.74) is 13.8. The standard InChI is InChI=1S/C46H52.2CH3.Hf/c1-29(2)28-46(11,36-24-32-14-12-16-40(42(32)26-36)38-20-18-34(22-30(38)3)44(5,6)7)37-25-33-15-13-17-41(43(33)27-37)39-21-19-35(23-31(39)4)45(8,9)10;;;/h12-27,29H,28H2,1-11H3;2*1H3;/q-2;2*-1;+4. The Morgan fingerprint density at radius 1 is 0.531 bits per heavy atom. The normalized spacial score (nSPS) is 12.2. The van der Waals surface area contributed by atoms with Crippen molar-refractivity contribution in [1.82, 2.24) is 0 Å². The number of hydrogen-bond acceptors (Lipinski definition) is 0. The Hall–Kier alpha value is -3.03. The monoisotopic (exact) mass is 814 g/mol. The third-order valence-electron chi connectivity index (χ3n) is 10.4. The molecule has 6 aromatic rings. The predicted molar refractivity (Wildman–Crippen MR) is 216 cm³/mol. The molecular weight excluding hydrogens is 755 g/mol. The van der Waals surface area contributed by atoms with E-state index in [2.05, 4.69) is 173 Å². The van der Waals surface area contributed by atoms with Crippen molar-refractivity contribution in [3.05, 3.63) is 145 Å². The molecule has 0 nitrogen and oxygen atoms in total. The van der Waals surface area contributed by atoms with Gasteiger partial charge >= 0.3 is 25.8 Å². The molecule has 0 amide bonds. The minimum absolute atomic E-state index is 0. The molecule has 0 fully saturated rings. The van der Waals surface area contributed by atoms with E-state index in [-0.39, 0.29) is 56.9 Å². The fraction of sp³-hybridized carbons (Fsp3) is 0.333. The van der Waals surface area contributed by atoms with Crippen molar-refractivity contribution in [2.45, 2.75) is 98.8 Å². The summed E-state index contributed by atoms with van der Waals surface area (Å²) in [5, 5.41) is 5.36. The molecule has 0 spiro atoms. The Kier molecular flexibility index (Phi) is 12.1. The first-order valence-corrected chi connectivity index (χ1v) is 17.2. The van der Waals surface area contributed by atoms with Gasteiger partial charge in [0.2, 0.25) is 0 Å². The van der Waals surface area contributed by atoms with E-state index in [1.165, 1.54) is 77.2 Å². The van der Waals surface area contributed by atoms with Crippen molar-refractivity contribution in [3.8, 4) is 22.3 Å². The molecule has 0 radical (unpaired) electrons.